The summed E-state index contributed by atoms with van der Waals surface area (Å²) in [7, 11) is 1.40. The number of esters is 1. The Labute approximate surface area is 89.8 Å². The molecule has 0 N–H and O–H groups in total. The second-order valence-corrected chi connectivity index (χ2v) is 3.71. The van der Waals surface area contributed by atoms with Crippen LogP contribution in [0.4, 0.5) is 0 Å². The summed E-state index contributed by atoms with van der Waals surface area (Å²) in [6.45, 7) is 5.09. The topological polar surface area (TPSA) is 42.7 Å². The lowest BCUT2D eigenvalue weighted by molar-refractivity contribution is -0.142. The van der Waals surface area contributed by atoms with E-state index in [0.29, 0.717) is 19.1 Å². The van der Waals surface area contributed by atoms with Gasteiger partial charge in [-0.25, -0.2) is 0 Å². The van der Waals surface area contributed by atoms with Crippen LogP contribution in [0.25, 0.3) is 0 Å². The van der Waals surface area contributed by atoms with Gasteiger partial charge in [0.2, 0.25) is 0 Å². The summed E-state index contributed by atoms with van der Waals surface area (Å²) in [5.41, 5.74) is 1.06. The summed E-state index contributed by atoms with van der Waals surface area (Å²) in [4.78, 5) is 13.2. The number of hydrogen-bond donors (Lipinski definition) is 0. The van der Waals surface area contributed by atoms with E-state index in [0.717, 1.165) is 5.56 Å². The maximum absolute atomic E-state index is 11.2. The van der Waals surface area contributed by atoms with Gasteiger partial charge in [0.25, 0.3) is 0 Å². The Balaban J connectivity index is 2.55. The molecule has 84 valence electrons. The quantitative estimate of drug-likeness (QED) is 0.695. The van der Waals surface area contributed by atoms with Crippen LogP contribution in [0.15, 0.2) is 23.0 Å². The number of ether oxygens (including phenoxy) is 1. The monoisotopic (exact) mass is 211 g/mol. The fourth-order valence-electron chi connectivity index (χ4n) is 1.27. The third-order valence-electron chi connectivity index (χ3n) is 2.26. The summed E-state index contributed by atoms with van der Waals surface area (Å²) in [6, 6.07) is 2.19. The Morgan fingerprint density at radius 3 is 2.80 bits per heavy atom. The van der Waals surface area contributed by atoms with Crippen LogP contribution in [0.3, 0.4) is 0 Å². The van der Waals surface area contributed by atoms with Gasteiger partial charge in [-0.05, 0) is 19.9 Å². The first-order chi connectivity index (χ1) is 7.13. The van der Waals surface area contributed by atoms with Crippen LogP contribution >= 0.6 is 0 Å². The van der Waals surface area contributed by atoms with Crippen molar-refractivity contribution in [1.82, 2.24) is 4.90 Å². The predicted octanol–water partition coefficient (Wildman–Crippen LogP) is 1.66. The fourth-order valence-corrected chi connectivity index (χ4v) is 1.27. The number of rotatable bonds is 5. The highest BCUT2D eigenvalue weighted by Gasteiger charge is 2.14. The first-order valence-corrected chi connectivity index (χ1v) is 4.95. The Hall–Kier alpha value is -1.29. The number of nitrogens with zero attached hydrogens (tertiary/aromatic N) is 1. The Morgan fingerprint density at radius 2 is 2.33 bits per heavy atom. The molecule has 0 bridgehead atoms. The molecule has 1 aromatic rings. The van der Waals surface area contributed by atoms with Crippen LogP contribution in [0, 0.1) is 0 Å². The lowest BCUT2D eigenvalue weighted by Gasteiger charge is -2.24. The van der Waals surface area contributed by atoms with Crippen LogP contribution in [0.2, 0.25) is 0 Å². The third kappa shape index (κ3) is 3.75. The summed E-state index contributed by atoms with van der Waals surface area (Å²) in [5, 5.41) is 0. The molecule has 4 heteroatoms. The van der Waals surface area contributed by atoms with Crippen molar-refractivity contribution in [2.75, 3.05) is 13.7 Å². The highest BCUT2D eigenvalue weighted by Crippen LogP contribution is 2.08. The SMILES string of the molecule is COC(=O)CN(Cc1ccoc1)C(C)C. The first-order valence-electron chi connectivity index (χ1n) is 4.95. The molecule has 0 atom stereocenters. The van der Waals surface area contributed by atoms with Gasteiger partial charge < -0.3 is 9.15 Å². The standard InChI is InChI=1S/C11H17NO3/c1-9(2)12(7-11(13)14-3)6-10-4-5-15-8-10/h4-5,8-9H,6-7H2,1-3H3. The van der Waals surface area contributed by atoms with Gasteiger partial charge >= 0.3 is 5.97 Å². The molecule has 15 heavy (non-hydrogen) atoms. The molecule has 0 radical (unpaired) electrons. The van der Waals surface area contributed by atoms with Crippen LogP contribution < -0.4 is 0 Å². The van der Waals surface area contributed by atoms with Crippen molar-refractivity contribution in [3.05, 3.63) is 24.2 Å². The normalized spacial score (nSPS) is 11.0. The summed E-state index contributed by atoms with van der Waals surface area (Å²) >= 11 is 0. The molecule has 1 heterocycles. The zero-order valence-corrected chi connectivity index (χ0v) is 9.40. The second kappa shape index (κ2) is 5.56. The Kier molecular flexibility index (Phi) is 4.37. The molecule has 0 spiro atoms. The minimum atomic E-state index is -0.216. The van der Waals surface area contributed by atoms with Crippen molar-refractivity contribution in [1.29, 1.82) is 0 Å². The molecule has 0 unspecified atom stereocenters. The Morgan fingerprint density at radius 1 is 1.60 bits per heavy atom. The van der Waals surface area contributed by atoms with Gasteiger partial charge in [0.05, 0.1) is 26.2 Å². The first kappa shape index (κ1) is 11.8. The highest BCUT2D eigenvalue weighted by molar-refractivity contribution is 5.71. The Bertz CT molecular complexity index is 293. The van der Waals surface area contributed by atoms with E-state index in [1.165, 1.54) is 7.11 Å². The minimum Gasteiger partial charge on any atom is -0.472 e. The molecule has 0 saturated carbocycles. The molecule has 0 aromatic carbocycles. The summed E-state index contributed by atoms with van der Waals surface area (Å²) < 4.78 is 9.63. The molecule has 0 aliphatic heterocycles. The van der Waals surface area contributed by atoms with E-state index in [1.807, 2.05) is 24.8 Å². The van der Waals surface area contributed by atoms with Crippen molar-refractivity contribution in [3.8, 4) is 0 Å². The molecule has 0 aliphatic carbocycles. The van der Waals surface area contributed by atoms with Gasteiger partial charge in [0.1, 0.15) is 0 Å². The van der Waals surface area contributed by atoms with E-state index in [1.54, 1.807) is 12.5 Å². The van der Waals surface area contributed by atoms with E-state index in [-0.39, 0.29) is 5.97 Å². The lowest BCUT2D eigenvalue weighted by Crippen LogP contribution is -2.35. The number of carbonyl (C=O) groups excluding carboxylic acids is 1. The fraction of sp³-hybridized carbons (Fsp3) is 0.545. The third-order valence-corrected chi connectivity index (χ3v) is 2.26. The number of furan rings is 1. The minimum absolute atomic E-state index is 0.216. The van der Waals surface area contributed by atoms with Crippen molar-refractivity contribution < 1.29 is 13.9 Å². The zero-order valence-electron chi connectivity index (χ0n) is 9.40. The van der Waals surface area contributed by atoms with E-state index in [9.17, 15) is 4.79 Å². The maximum atomic E-state index is 11.2. The van der Waals surface area contributed by atoms with Crippen molar-refractivity contribution in [3.63, 3.8) is 0 Å². The average Bonchev–Trinajstić information content (AvgIpc) is 2.69. The van der Waals surface area contributed by atoms with Gasteiger partial charge in [-0.1, -0.05) is 0 Å². The van der Waals surface area contributed by atoms with Gasteiger partial charge in [-0.3, -0.25) is 9.69 Å². The number of carbonyl (C=O) groups is 1. The van der Waals surface area contributed by atoms with Gasteiger partial charge in [-0.15, -0.1) is 0 Å². The summed E-state index contributed by atoms with van der Waals surface area (Å²) in [5.74, 6) is -0.216. The van der Waals surface area contributed by atoms with Gasteiger partial charge in [0.15, 0.2) is 0 Å². The van der Waals surface area contributed by atoms with Crippen LogP contribution in [-0.2, 0) is 16.1 Å². The van der Waals surface area contributed by atoms with Crippen molar-refractivity contribution >= 4 is 5.97 Å². The smallest absolute Gasteiger partial charge is 0.319 e. The number of hydrogen-bond acceptors (Lipinski definition) is 4. The molecule has 0 saturated heterocycles. The lowest BCUT2D eigenvalue weighted by atomic mass is 10.2. The highest BCUT2D eigenvalue weighted by atomic mass is 16.5. The molecular weight excluding hydrogens is 194 g/mol. The van der Waals surface area contributed by atoms with Crippen LogP contribution in [0.5, 0.6) is 0 Å². The number of methoxy groups -OCH3 is 1. The maximum Gasteiger partial charge on any atom is 0.319 e. The second-order valence-electron chi connectivity index (χ2n) is 3.71. The van der Waals surface area contributed by atoms with Gasteiger partial charge in [-0.2, -0.15) is 0 Å². The molecule has 0 fully saturated rings. The van der Waals surface area contributed by atoms with E-state index >= 15 is 0 Å². The molecule has 4 nitrogen and oxygen atoms in total. The molecule has 0 amide bonds. The van der Waals surface area contributed by atoms with E-state index in [4.69, 9.17) is 4.42 Å². The van der Waals surface area contributed by atoms with Crippen molar-refractivity contribution in [2.24, 2.45) is 0 Å². The van der Waals surface area contributed by atoms with E-state index < -0.39 is 0 Å². The van der Waals surface area contributed by atoms with Crippen LogP contribution in [0.1, 0.15) is 19.4 Å². The van der Waals surface area contributed by atoms with Crippen molar-refractivity contribution in [2.45, 2.75) is 26.4 Å². The zero-order chi connectivity index (χ0) is 11.3. The molecule has 0 aliphatic rings. The molecular formula is C11H17NO3. The van der Waals surface area contributed by atoms with E-state index in [2.05, 4.69) is 4.74 Å². The average molecular weight is 211 g/mol. The van der Waals surface area contributed by atoms with Crippen LogP contribution in [-0.4, -0.2) is 30.6 Å². The van der Waals surface area contributed by atoms with Gasteiger partial charge in [0, 0.05) is 18.2 Å². The molecule has 1 aromatic heterocycles. The largest absolute Gasteiger partial charge is 0.472 e. The summed E-state index contributed by atoms with van der Waals surface area (Å²) in [6.07, 6.45) is 3.32. The predicted molar refractivity (Wildman–Crippen MR) is 56.3 cm³/mol. The molecule has 1 rings (SSSR count).